The van der Waals surface area contributed by atoms with Crippen molar-refractivity contribution in [2.24, 2.45) is 5.73 Å². The van der Waals surface area contributed by atoms with E-state index in [9.17, 15) is 4.79 Å². The van der Waals surface area contributed by atoms with Gasteiger partial charge in [0.05, 0.1) is 0 Å². The monoisotopic (exact) mass is 308 g/mol. The molecule has 0 bridgehead atoms. The smallest absolute Gasteiger partial charge is 0.253 e. The summed E-state index contributed by atoms with van der Waals surface area (Å²) in [7, 11) is 0. The van der Waals surface area contributed by atoms with Crippen LogP contribution >= 0.6 is 0 Å². The highest BCUT2D eigenvalue weighted by Crippen LogP contribution is 2.35. The first-order valence-electron chi connectivity index (χ1n) is 8.26. The van der Waals surface area contributed by atoms with Gasteiger partial charge in [0.25, 0.3) is 5.91 Å². The number of amides is 1. The average Bonchev–Trinajstić information content (AvgIpc) is 2.63. The number of benzene rings is 2. The maximum atomic E-state index is 12.6. The van der Waals surface area contributed by atoms with Crippen LogP contribution in [0.15, 0.2) is 54.6 Å². The van der Waals surface area contributed by atoms with Crippen LogP contribution in [-0.4, -0.2) is 23.9 Å². The zero-order valence-corrected chi connectivity index (χ0v) is 13.7. The van der Waals surface area contributed by atoms with Crippen LogP contribution in [0.5, 0.6) is 0 Å². The first-order valence-corrected chi connectivity index (χ1v) is 8.26. The summed E-state index contributed by atoms with van der Waals surface area (Å²) in [5.74, 6) is 0.128. The molecular formula is C20H24N2O. The molecule has 1 amide bonds. The highest BCUT2D eigenvalue weighted by atomic mass is 16.2. The van der Waals surface area contributed by atoms with Gasteiger partial charge in [-0.05, 0) is 41.5 Å². The molecule has 0 aromatic heterocycles. The number of piperidine rings is 1. The summed E-state index contributed by atoms with van der Waals surface area (Å²) in [6.07, 6.45) is 2.01. The van der Waals surface area contributed by atoms with Gasteiger partial charge in [0.15, 0.2) is 0 Å². The Morgan fingerprint density at radius 3 is 2.22 bits per heavy atom. The van der Waals surface area contributed by atoms with Crippen molar-refractivity contribution >= 4 is 5.91 Å². The van der Waals surface area contributed by atoms with Gasteiger partial charge in [-0.1, -0.05) is 49.4 Å². The van der Waals surface area contributed by atoms with E-state index in [-0.39, 0.29) is 11.3 Å². The number of rotatable bonds is 3. The Morgan fingerprint density at radius 2 is 1.65 bits per heavy atom. The highest BCUT2D eigenvalue weighted by Gasteiger charge is 2.33. The zero-order chi connectivity index (χ0) is 16.3. The van der Waals surface area contributed by atoms with Crippen LogP contribution in [0, 0.1) is 0 Å². The lowest BCUT2D eigenvalue weighted by molar-refractivity contribution is 0.0676. The van der Waals surface area contributed by atoms with Crippen molar-refractivity contribution in [2.75, 3.05) is 13.1 Å². The van der Waals surface area contributed by atoms with Gasteiger partial charge in [-0.2, -0.15) is 0 Å². The Morgan fingerprint density at radius 1 is 1.04 bits per heavy atom. The Hall–Kier alpha value is -2.13. The van der Waals surface area contributed by atoms with Crippen molar-refractivity contribution in [1.29, 1.82) is 0 Å². The Bertz CT molecular complexity index is 656. The van der Waals surface area contributed by atoms with Gasteiger partial charge in [-0.15, -0.1) is 0 Å². The molecule has 0 atom stereocenters. The van der Waals surface area contributed by atoms with E-state index in [2.05, 4.69) is 37.3 Å². The van der Waals surface area contributed by atoms with Gasteiger partial charge in [0, 0.05) is 25.2 Å². The third-order valence-corrected chi connectivity index (χ3v) is 5.06. The van der Waals surface area contributed by atoms with Gasteiger partial charge < -0.3 is 10.6 Å². The van der Waals surface area contributed by atoms with Crippen LogP contribution in [0.1, 0.15) is 41.3 Å². The van der Waals surface area contributed by atoms with Crippen molar-refractivity contribution in [3.63, 3.8) is 0 Å². The minimum atomic E-state index is 0.128. The predicted octanol–water partition coefficient (Wildman–Crippen LogP) is 3.34. The second-order valence-corrected chi connectivity index (χ2v) is 6.62. The molecule has 3 rings (SSSR count). The Kier molecular flexibility index (Phi) is 4.49. The van der Waals surface area contributed by atoms with E-state index in [1.165, 1.54) is 5.56 Å². The normalized spacial score (nSPS) is 17.0. The van der Waals surface area contributed by atoms with E-state index in [4.69, 9.17) is 5.73 Å². The fourth-order valence-electron chi connectivity index (χ4n) is 3.30. The van der Waals surface area contributed by atoms with Crippen molar-refractivity contribution in [3.8, 4) is 0 Å². The second kappa shape index (κ2) is 6.55. The van der Waals surface area contributed by atoms with E-state index in [1.54, 1.807) is 0 Å². The van der Waals surface area contributed by atoms with Crippen LogP contribution in [-0.2, 0) is 12.0 Å². The number of nitrogens with two attached hydrogens (primary N) is 1. The van der Waals surface area contributed by atoms with Crippen molar-refractivity contribution in [2.45, 2.75) is 31.7 Å². The molecule has 0 aliphatic carbocycles. The summed E-state index contributed by atoms with van der Waals surface area (Å²) in [6, 6.07) is 18.3. The van der Waals surface area contributed by atoms with E-state index in [0.29, 0.717) is 6.54 Å². The van der Waals surface area contributed by atoms with Gasteiger partial charge in [0.2, 0.25) is 0 Å². The molecule has 0 spiro atoms. The molecule has 23 heavy (non-hydrogen) atoms. The summed E-state index contributed by atoms with van der Waals surface area (Å²) in [5, 5.41) is 0. The third-order valence-electron chi connectivity index (χ3n) is 5.06. The van der Waals surface area contributed by atoms with Crippen molar-refractivity contribution < 1.29 is 4.79 Å². The molecule has 3 nitrogen and oxygen atoms in total. The lowest BCUT2D eigenvalue weighted by Crippen LogP contribution is -2.43. The van der Waals surface area contributed by atoms with E-state index in [1.807, 2.05) is 29.2 Å². The number of nitrogens with zero attached hydrogens (tertiary/aromatic N) is 1. The molecule has 1 heterocycles. The number of hydrogen-bond donors (Lipinski definition) is 1. The molecule has 0 unspecified atom stereocenters. The Labute approximate surface area is 138 Å². The fourth-order valence-corrected chi connectivity index (χ4v) is 3.30. The van der Waals surface area contributed by atoms with Gasteiger partial charge in [-0.3, -0.25) is 4.79 Å². The molecule has 1 aliphatic rings. The quantitative estimate of drug-likeness (QED) is 0.945. The molecule has 120 valence electrons. The lowest BCUT2D eigenvalue weighted by atomic mass is 9.74. The summed E-state index contributed by atoms with van der Waals surface area (Å²) < 4.78 is 0. The predicted molar refractivity (Wildman–Crippen MR) is 93.3 cm³/mol. The molecule has 0 radical (unpaired) electrons. The van der Waals surface area contributed by atoms with Gasteiger partial charge in [0.1, 0.15) is 0 Å². The standard InChI is InChI=1S/C20H24N2O/c1-20(18-5-3-2-4-6-18)11-13-22(14-12-20)19(23)17-9-7-16(15-21)8-10-17/h2-10H,11-15,21H2,1H3. The molecule has 1 fully saturated rings. The molecule has 1 saturated heterocycles. The minimum absolute atomic E-state index is 0.128. The summed E-state index contributed by atoms with van der Waals surface area (Å²) in [6.45, 7) is 4.43. The fraction of sp³-hybridized carbons (Fsp3) is 0.350. The first kappa shape index (κ1) is 15.8. The molecule has 2 N–H and O–H groups in total. The largest absolute Gasteiger partial charge is 0.339 e. The molecule has 3 heteroatoms. The van der Waals surface area contributed by atoms with Crippen LogP contribution < -0.4 is 5.73 Å². The zero-order valence-electron chi connectivity index (χ0n) is 13.7. The van der Waals surface area contributed by atoms with Crippen LogP contribution in [0.25, 0.3) is 0 Å². The van der Waals surface area contributed by atoms with E-state index in [0.717, 1.165) is 37.1 Å². The van der Waals surface area contributed by atoms with Gasteiger partial charge in [-0.25, -0.2) is 0 Å². The Balaban J connectivity index is 1.67. The lowest BCUT2D eigenvalue weighted by Gasteiger charge is -2.40. The van der Waals surface area contributed by atoms with Gasteiger partial charge >= 0.3 is 0 Å². The number of carbonyl (C=O) groups is 1. The van der Waals surface area contributed by atoms with Crippen LogP contribution in [0.2, 0.25) is 0 Å². The maximum Gasteiger partial charge on any atom is 0.253 e. The molecule has 2 aromatic carbocycles. The minimum Gasteiger partial charge on any atom is -0.339 e. The number of hydrogen-bond acceptors (Lipinski definition) is 2. The van der Waals surface area contributed by atoms with Crippen LogP contribution in [0.4, 0.5) is 0 Å². The first-order chi connectivity index (χ1) is 11.1. The summed E-state index contributed by atoms with van der Waals surface area (Å²) in [4.78, 5) is 14.6. The number of carbonyl (C=O) groups excluding carboxylic acids is 1. The summed E-state index contributed by atoms with van der Waals surface area (Å²) in [5.41, 5.74) is 8.96. The second-order valence-electron chi connectivity index (χ2n) is 6.62. The molecular weight excluding hydrogens is 284 g/mol. The maximum absolute atomic E-state index is 12.6. The summed E-state index contributed by atoms with van der Waals surface area (Å²) >= 11 is 0. The van der Waals surface area contributed by atoms with Crippen molar-refractivity contribution in [3.05, 3.63) is 71.3 Å². The third kappa shape index (κ3) is 3.30. The van der Waals surface area contributed by atoms with Crippen LogP contribution in [0.3, 0.4) is 0 Å². The molecule has 1 aliphatic heterocycles. The highest BCUT2D eigenvalue weighted by molar-refractivity contribution is 5.94. The SMILES string of the molecule is CC1(c2ccccc2)CCN(C(=O)c2ccc(CN)cc2)CC1. The van der Waals surface area contributed by atoms with Crippen molar-refractivity contribution in [1.82, 2.24) is 4.90 Å². The molecule has 0 saturated carbocycles. The molecule has 2 aromatic rings. The average molecular weight is 308 g/mol. The van der Waals surface area contributed by atoms with E-state index < -0.39 is 0 Å². The van der Waals surface area contributed by atoms with E-state index >= 15 is 0 Å². The number of likely N-dealkylation sites (tertiary alicyclic amines) is 1. The topological polar surface area (TPSA) is 46.3 Å².